The van der Waals surface area contributed by atoms with E-state index in [4.69, 9.17) is 5.11 Å². The third kappa shape index (κ3) is 2.93. The number of aryl methyl sites for hydroxylation is 1. The maximum Gasteiger partial charge on any atom is 0.188 e. The van der Waals surface area contributed by atoms with Crippen LogP contribution in [-0.2, 0) is 13.6 Å². The van der Waals surface area contributed by atoms with Crippen molar-refractivity contribution in [2.45, 2.75) is 13.0 Å². The molecule has 1 rings (SSSR count). The number of hydrogen-bond acceptors (Lipinski definition) is 5. The number of hydrogen-bond donors (Lipinski definition) is 2. The van der Waals surface area contributed by atoms with Crippen LogP contribution in [0.1, 0.15) is 12.2 Å². The van der Waals surface area contributed by atoms with Crippen LogP contribution in [0.4, 0.5) is 0 Å². The number of aliphatic hydroxyl groups excluding tert-OH is 1. The van der Waals surface area contributed by atoms with Crippen molar-refractivity contribution >= 4 is 0 Å². The van der Waals surface area contributed by atoms with Crippen LogP contribution in [0.25, 0.3) is 0 Å². The molecule has 0 bridgehead atoms. The minimum Gasteiger partial charge on any atom is -0.396 e. The molecule has 1 aromatic rings. The van der Waals surface area contributed by atoms with Gasteiger partial charge in [0.25, 0.3) is 0 Å². The van der Waals surface area contributed by atoms with E-state index in [1.54, 1.807) is 7.05 Å². The van der Waals surface area contributed by atoms with E-state index in [0.717, 1.165) is 13.0 Å². The first-order valence-electron chi connectivity index (χ1n) is 3.87. The van der Waals surface area contributed by atoms with E-state index in [1.165, 1.54) is 4.80 Å². The predicted octanol–water partition coefficient (Wildman–Crippen LogP) is -1.32. The van der Waals surface area contributed by atoms with Gasteiger partial charge in [0.1, 0.15) is 0 Å². The van der Waals surface area contributed by atoms with Gasteiger partial charge in [-0.25, -0.2) is 0 Å². The quantitative estimate of drug-likeness (QED) is 0.537. The Balaban J connectivity index is 2.15. The average molecular weight is 171 g/mol. The molecule has 6 heteroatoms. The highest BCUT2D eigenvalue weighted by molar-refractivity contribution is 4.74. The highest BCUT2D eigenvalue weighted by Crippen LogP contribution is 1.83. The van der Waals surface area contributed by atoms with Crippen LogP contribution < -0.4 is 5.32 Å². The van der Waals surface area contributed by atoms with Crippen LogP contribution in [0.2, 0.25) is 0 Å². The molecule has 0 atom stereocenters. The van der Waals surface area contributed by atoms with Gasteiger partial charge in [-0.3, -0.25) is 0 Å². The Kier molecular flexibility index (Phi) is 3.62. The zero-order chi connectivity index (χ0) is 8.81. The van der Waals surface area contributed by atoms with Crippen molar-refractivity contribution in [1.82, 2.24) is 25.5 Å². The second-order valence-electron chi connectivity index (χ2n) is 2.45. The highest BCUT2D eigenvalue weighted by atomic mass is 16.3. The number of aliphatic hydroxyl groups is 1. The van der Waals surface area contributed by atoms with E-state index in [0.29, 0.717) is 12.4 Å². The largest absolute Gasteiger partial charge is 0.396 e. The number of nitrogens with zero attached hydrogens (tertiary/aromatic N) is 4. The fourth-order valence-corrected chi connectivity index (χ4v) is 0.798. The molecule has 0 spiro atoms. The molecule has 0 aromatic carbocycles. The second kappa shape index (κ2) is 4.78. The number of nitrogens with one attached hydrogen (secondary N) is 1. The Morgan fingerprint density at radius 1 is 1.58 bits per heavy atom. The summed E-state index contributed by atoms with van der Waals surface area (Å²) in [4.78, 5) is 1.42. The normalized spacial score (nSPS) is 10.5. The molecule has 0 fully saturated rings. The van der Waals surface area contributed by atoms with Gasteiger partial charge in [0.05, 0.1) is 13.6 Å². The zero-order valence-electron chi connectivity index (χ0n) is 7.06. The summed E-state index contributed by atoms with van der Waals surface area (Å²) < 4.78 is 0. The monoisotopic (exact) mass is 171 g/mol. The first-order chi connectivity index (χ1) is 5.83. The van der Waals surface area contributed by atoms with Gasteiger partial charge in [-0.1, -0.05) is 0 Å². The summed E-state index contributed by atoms with van der Waals surface area (Å²) >= 11 is 0. The fourth-order valence-electron chi connectivity index (χ4n) is 0.798. The molecule has 0 amide bonds. The molecular weight excluding hydrogens is 158 g/mol. The fraction of sp³-hybridized carbons (Fsp3) is 0.833. The summed E-state index contributed by atoms with van der Waals surface area (Å²) in [5.41, 5.74) is 0. The molecule has 0 saturated carbocycles. The van der Waals surface area contributed by atoms with Crippen molar-refractivity contribution < 1.29 is 5.11 Å². The van der Waals surface area contributed by atoms with Gasteiger partial charge in [0.15, 0.2) is 5.82 Å². The molecule has 0 radical (unpaired) electrons. The van der Waals surface area contributed by atoms with Crippen molar-refractivity contribution in [2.75, 3.05) is 13.2 Å². The summed E-state index contributed by atoms with van der Waals surface area (Å²) in [6.45, 7) is 1.59. The van der Waals surface area contributed by atoms with Crippen molar-refractivity contribution in [2.24, 2.45) is 7.05 Å². The summed E-state index contributed by atoms with van der Waals surface area (Å²) in [5.74, 6) is 0.676. The number of rotatable bonds is 5. The van der Waals surface area contributed by atoms with Crippen LogP contribution in [0.3, 0.4) is 0 Å². The van der Waals surface area contributed by atoms with Gasteiger partial charge in [-0.2, -0.15) is 4.80 Å². The Labute approximate surface area is 70.6 Å². The van der Waals surface area contributed by atoms with E-state index in [1.807, 2.05) is 0 Å². The van der Waals surface area contributed by atoms with Crippen LogP contribution in [0.15, 0.2) is 0 Å². The third-order valence-corrected chi connectivity index (χ3v) is 1.34. The summed E-state index contributed by atoms with van der Waals surface area (Å²) in [6.07, 6.45) is 0.750. The van der Waals surface area contributed by atoms with Crippen molar-refractivity contribution in [3.63, 3.8) is 0 Å². The Hall–Kier alpha value is -1.01. The molecule has 0 unspecified atom stereocenters. The van der Waals surface area contributed by atoms with E-state index in [-0.39, 0.29) is 6.61 Å². The van der Waals surface area contributed by atoms with Gasteiger partial charge in [0, 0.05) is 6.61 Å². The molecule has 1 heterocycles. The van der Waals surface area contributed by atoms with Crippen LogP contribution in [0, 0.1) is 0 Å². The van der Waals surface area contributed by atoms with Crippen LogP contribution in [0.5, 0.6) is 0 Å². The molecule has 0 saturated heterocycles. The summed E-state index contributed by atoms with van der Waals surface area (Å²) in [7, 11) is 1.73. The maximum absolute atomic E-state index is 8.48. The van der Waals surface area contributed by atoms with Gasteiger partial charge in [-0.15, -0.1) is 10.2 Å². The summed E-state index contributed by atoms with van der Waals surface area (Å²) in [6, 6.07) is 0. The standard InChI is InChI=1S/C6H13N5O/c1-11-9-6(8-10-11)5-7-3-2-4-12/h7,12H,2-5H2,1H3. The predicted molar refractivity (Wildman–Crippen MR) is 42.2 cm³/mol. The molecule has 1 aromatic heterocycles. The molecule has 0 aliphatic rings. The first-order valence-corrected chi connectivity index (χ1v) is 3.87. The van der Waals surface area contributed by atoms with Crippen molar-refractivity contribution in [3.05, 3.63) is 5.82 Å². The Morgan fingerprint density at radius 3 is 3.00 bits per heavy atom. The molecule has 12 heavy (non-hydrogen) atoms. The highest BCUT2D eigenvalue weighted by Gasteiger charge is 1.97. The lowest BCUT2D eigenvalue weighted by Crippen LogP contribution is -2.16. The molecule has 0 aliphatic carbocycles. The first kappa shape index (κ1) is 9.08. The lowest BCUT2D eigenvalue weighted by Gasteiger charge is -1.97. The smallest absolute Gasteiger partial charge is 0.188 e. The molecule has 6 nitrogen and oxygen atoms in total. The topological polar surface area (TPSA) is 75.9 Å². The van der Waals surface area contributed by atoms with Crippen LogP contribution in [-0.4, -0.2) is 38.5 Å². The van der Waals surface area contributed by atoms with Crippen molar-refractivity contribution in [1.29, 1.82) is 0 Å². The minimum atomic E-state index is 0.209. The molecule has 2 N–H and O–H groups in total. The van der Waals surface area contributed by atoms with E-state index >= 15 is 0 Å². The van der Waals surface area contributed by atoms with E-state index in [9.17, 15) is 0 Å². The molecular formula is C6H13N5O. The number of tetrazole rings is 1. The van der Waals surface area contributed by atoms with E-state index < -0.39 is 0 Å². The van der Waals surface area contributed by atoms with E-state index in [2.05, 4.69) is 20.7 Å². The summed E-state index contributed by atoms with van der Waals surface area (Å²) in [5, 5.41) is 23.0. The molecule has 0 aliphatic heterocycles. The SMILES string of the molecule is Cn1nnc(CNCCCO)n1. The zero-order valence-corrected chi connectivity index (χ0v) is 7.06. The maximum atomic E-state index is 8.48. The van der Waals surface area contributed by atoms with Crippen LogP contribution >= 0.6 is 0 Å². The third-order valence-electron chi connectivity index (χ3n) is 1.34. The number of aromatic nitrogens is 4. The lowest BCUT2D eigenvalue weighted by molar-refractivity contribution is 0.286. The van der Waals surface area contributed by atoms with Gasteiger partial charge in [0.2, 0.25) is 0 Å². The average Bonchev–Trinajstić information content (AvgIpc) is 2.45. The second-order valence-corrected chi connectivity index (χ2v) is 2.45. The lowest BCUT2D eigenvalue weighted by atomic mass is 10.4. The Morgan fingerprint density at radius 2 is 2.42 bits per heavy atom. The Bertz CT molecular complexity index is 223. The van der Waals surface area contributed by atoms with Gasteiger partial charge < -0.3 is 10.4 Å². The minimum absolute atomic E-state index is 0.209. The molecule has 68 valence electrons. The van der Waals surface area contributed by atoms with Crippen molar-refractivity contribution in [3.8, 4) is 0 Å². The van der Waals surface area contributed by atoms with Gasteiger partial charge >= 0.3 is 0 Å². The van der Waals surface area contributed by atoms with Gasteiger partial charge in [-0.05, 0) is 18.2 Å².